The molecule has 1 saturated heterocycles. The molecule has 2 rings (SSSR count). The maximum Gasteiger partial charge on any atom is 0.0334 e. The number of nitrogens with one attached hydrogen (secondary N) is 1. The summed E-state index contributed by atoms with van der Waals surface area (Å²) in [6, 6.07) is 5.78. The number of piperazine rings is 1. The zero-order chi connectivity index (χ0) is 10.8. The molecule has 1 aliphatic rings. The molecule has 0 aromatic carbocycles. The van der Waals surface area contributed by atoms with E-state index in [9.17, 15) is 0 Å². The van der Waals surface area contributed by atoms with Gasteiger partial charge in [0, 0.05) is 41.5 Å². The molecule has 1 fully saturated rings. The quantitative estimate of drug-likeness (QED) is 0.880. The van der Waals surface area contributed by atoms with E-state index >= 15 is 0 Å². The molecular weight excluding hydrogens is 240 g/mol. The van der Waals surface area contributed by atoms with E-state index in [1.54, 1.807) is 0 Å². The first-order valence-electron chi connectivity index (χ1n) is 5.68. The summed E-state index contributed by atoms with van der Waals surface area (Å²) in [4.78, 5) is 5.51. The molecule has 0 aliphatic carbocycles. The summed E-state index contributed by atoms with van der Waals surface area (Å²) in [7, 11) is 0. The third-order valence-corrected chi connectivity index (χ3v) is 4.13. The largest absolute Gasteiger partial charge is 0.314 e. The summed E-state index contributed by atoms with van der Waals surface area (Å²) in [5.74, 6) is 0. The maximum absolute atomic E-state index is 3.47. The number of hydrogen-bond acceptors (Lipinski definition) is 3. The van der Waals surface area contributed by atoms with Crippen LogP contribution in [-0.4, -0.2) is 30.1 Å². The Morgan fingerprint density at radius 2 is 1.94 bits per heavy atom. The van der Waals surface area contributed by atoms with Gasteiger partial charge in [0.25, 0.3) is 0 Å². The highest BCUT2D eigenvalue weighted by Crippen LogP contribution is 2.20. The van der Waals surface area contributed by atoms with Crippen molar-refractivity contribution in [2.45, 2.75) is 39.4 Å². The molecule has 1 aromatic heterocycles. The van der Waals surface area contributed by atoms with Crippen molar-refractivity contribution in [3.63, 3.8) is 0 Å². The smallest absolute Gasteiger partial charge is 0.0334 e. The number of hydrogen-bond donors (Lipinski definition) is 1. The Labute approximate surface area is 108 Å². The SMILES string of the molecule is Cc1ccc(CN2[C@H](C)CNC[C@@H]2C)s1.Cl. The number of nitrogens with zero attached hydrogens (tertiary/aromatic N) is 1. The van der Waals surface area contributed by atoms with Crippen LogP contribution < -0.4 is 5.32 Å². The van der Waals surface area contributed by atoms with Crippen LogP contribution in [0.15, 0.2) is 12.1 Å². The van der Waals surface area contributed by atoms with Gasteiger partial charge in [0.2, 0.25) is 0 Å². The summed E-state index contributed by atoms with van der Waals surface area (Å²) in [5.41, 5.74) is 0. The lowest BCUT2D eigenvalue weighted by atomic mass is 10.1. The first-order valence-corrected chi connectivity index (χ1v) is 6.50. The lowest BCUT2D eigenvalue weighted by Gasteiger charge is -2.39. The lowest BCUT2D eigenvalue weighted by molar-refractivity contribution is 0.110. The molecule has 16 heavy (non-hydrogen) atoms. The number of rotatable bonds is 2. The minimum atomic E-state index is 0. The monoisotopic (exact) mass is 260 g/mol. The van der Waals surface area contributed by atoms with Gasteiger partial charge in [-0.05, 0) is 32.9 Å². The molecule has 1 aliphatic heterocycles. The highest BCUT2D eigenvalue weighted by Gasteiger charge is 2.24. The van der Waals surface area contributed by atoms with Gasteiger partial charge in [-0.25, -0.2) is 0 Å². The van der Waals surface area contributed by atoms with E-state index in [1.807, 2.05) is 11.3 Å². The van der Waals surface area contributed by atoms with Crippen molar-refractivity contribution in [3.05, 3.63) is 21.9 Å². The van der Waals surface area contributed by atoms with E-state index in [1.165, 1.54) is 9.75 Å². The Balaban J connectivity index is 0.00000128. The van der Waals surface area contributed by atoms with E-state index in [4.69, 9.17) is 0 Å². The molecule has 4 heteroatoms. The number of aryl methyl sites for hydroxylation is 1. The number of thiophene rings is 1. The van der Waals surface area contributed by atoms with Gasteiger partial charge in [-0.1, -0.05) is 0 Å². The summed E-state index contributed by atoms with van der Waals surface area (Å²) in [6.45, 7) is 10.1. The maximum atomic E-state index is 3.47. The van der Waals surface area contributed by atoms with E-state index in [2.05, 4.69) is 43.1 Å². The second-order valence-electron chi connectivity index (χ2n) is 4.54. The van der Waals surface area contributed by atoms with Crippen molar-refractivity contribution >= 4 is 23.7 Å². The van der Waals surface area contributed by atoms with Gasteiger partial charge in [0.05, 0.1) is 0 Å². The van der Waals surface area contributed by atoms with Crippen molar-refractivity contribution in [3.8, 4) is 0 Å². The van der Waals surface area contributed by atoms with Crippen LogP contribution in [0.25, 0.3) is 0 Å². The molecule has 0 amide bonds. The standard InChI is InChI=1S/C12H20N2S.ClH/c1-9-6-13-7-10(2)14(9)8-12-5-4-11(3)15-12;/h4-5,9-10,13H,6-8H2,1-3H3;1H/t9-,10+;. The molecule has 2 nitrogen and oxygen atoms in total. The first-order chi connectivity index (χ1) is 7.16. The lowest BCUT2D eigenvalue weighted by Crippen LogP contribution is -2.54. The fourth-order valence-electron chi connectivity index (χ4n) is 2.23. The third-order valence-electron chi connectivity index (χ3n) is 3.15. The molecule has 1 N–H and O–H groups in total. The van der Waals surface area contributed by atoms with Crippen LogP contribution in [-0.2, 0) is 6.54 Å². The van der Waals surface area contributed by atoms with E-state index in [-0.39, 0.29) is 12.4 Å². The van der Waals surface area contributed by atoms with Crippen molar-refractivity contribution in [1.82, 2.24) is 10.2 Å². The van der Waals surface area contributed by atoms with E-state index < -0.39 is 0 Å². The molecular formula is C12H21ClN2S. The van der Waals surface area contributed by atoms with Crippen LogP contribution in [0, 0.1) is 6.92 Å². The Morgan fingerprint density at radius 1 is 1.31 bits per heavy atom. The van der Waals surface area contributed by atoms with Gasteiger partial charge in [-0.3, -0.25) is 4.90 Å². The Morgan fingerprint density at radius 3 is 2.44 bits per heavy atom. The fraction of sp³-hybridized carbons (Fsp3) is 0.667. The third kappa shape index (κ3) is 3.20. The molecule has 0 unspecified atom stereocenters. The van der Waals surface area contributed by atoms with Gasteiger partial charge in [0.1, 0.15) is 0 Å². The van der Waals surface area contributed by atoms with Gasteiger partial charge in [-0.15, -0.1) is 23.7 Å². The second kappa shape index (κ2) is 6.01. The molecule has 1 aromatic rings. The second-order valence-corrected chi connectivity index (χ2v) is 5.91. The summed E-state index contributed by atoms with van der Waals surface area (Å²) < 4.78 is 0. The summed E-state index contributed by atoms with van der Waals surface area (Å²) in [5, 5.41) is 3.47. The predicted octanol–water partition coefficient (Wildman–Crippen LogP) is 2.66. The van der Waals surface area contributed by atoms with Crippen LogP contribution in [0.3, 0.4) is 0 Å². The molecule has 0 saturated carbocycles. The Kier molecular flexibility index (Phi) is 5.25. The summed E-state index contributed by atoms with van der Waals surface area (Å²) in [6.07, 6.45) is 0. The molecule has 0 spiro atoms. The highest BCUT2D eigenvalue weighted by molar-refractivity contribution is 7.11. The van der Waals surface area contributed by atoms with Gasteiger partial charge >= 0.3 is 0 Å². The fourth-order valence-corrected chi connectivity index (χ4v) is 3.13. The zero-order valence-corrected chi connectivity index (χ0v) is 11.8. The van der Waals surface area contributed by atoms with Crippen LogP contribution in [0.1, 0.15) is 23.6 Å². The molecule has 0 radical (unpaired) electrons. The predicted molar refractivity (Wildman–Crippen MR) is 73.6 cm³/mol. The van der Waals surface area contributed by atoms with Gasteiger partial charge < -0.3 is 5.32 Å². The minimum absolute atomic E-state index is 0. The number of halogens is 1. The topological polar surface area (TPSA) is 15.3 Å². The van der Waals surface area contributed by atoms with Crippen molar-refractivity contribution in [2.24, 2.45) is 0 Å². The average molecular weight is 261 g/mol. The minimum Gasteiger partial charge on any atom is -0.314 e. The molecule has 0 bridgehead atoms. The first kappa shape index (κ1) is 14.0. The highest BCUT2D eigenvalue weighted by atomic mass is 35.5. The molecule has 92 valence electrons. The van der Waals surface area contributed by atoms with Crippen molar-refractivity contribution < 1.29 is 0 Å². The normalized spacial score (nSPS) is 26.4. The molecule has 2 atom stereocenters. The molecule has 2 heterocycles. The average Bonchev–Trinajstić information content (AvgIpc) is 2.58. The van der Waals surface area contributed by atoms with Crippen molar-refractivity contribution in [1.29, 1.82) is 0 Å². The van der Waals surface area contributed by atoms with Gasteiger partial charge in [0.15, 0.2) is 0 Å². The van der Waals surface area contributed by atoms with Crippen LogP contribution in [0.2, 0.25) is 0 Å². The Hall–Kier alpha value is -0.0900. The zero-order valence-electron chi connectivity index (χ0n) is 10.2. The van der Waals surface area contributed by atoms with Gasteiger partial charge in [-0.2, -0.15) is 0 Å². The van der Waals surface area contributed by atoms with Crippen molar-refractivity contribution in [2.75, 3.05) is 13.1 Å². The van der Waals surface area contributed by atoms with E-state index in [0.29, 0.717) is 12.1 Å². The Bertz CT molecular complexity index is 317. The summed E-state index contributed by atoms with van der Waals surface area (Å²) >= 11 is 1.92. The van der Waals surface area contributed by atoms with Crippen LogP contribution in [0.4, 0.5) is 0 Å². The van der Waals surface area contributed by atoms with Crippen LogP contribution >= 0.6 is 23.7 Å². The van der Waals surface area contributed by atoms with E-state index in [0.717, 1.165) is 19.6 Å². The van der Waals surface area contributed by atoms with Crippen LogP contribution in [0.5, 0.6) is 0 Å².